The summed E-state index contributed by atoms with van der Waals surface area (Å²) in [5.41, 5.74) is 0.188. The molecule has 2 amide bonds. The fraction of sp³-hybridized carbons (Fsp3) is 0.909. The van der Waals surface area contributed by atoms with Gasteiger partial charge in [0.25, 0.3) is 0 Å². The first kappa shape index (κ1) is 27.7. The fourth-order valence-corrected chi connectivity index (χ4v) is 3.15. The lowest BCUT2D eigenvalue weighted by Gasteiger charge is -2.28. The Morgan fingerprint density at radius 1 is 0.759 bits per heavy atom. The van der Waals surface area contributed by atoms with E-state index in [1.807, 2.05) is 6.92 Å². The summed E-state index contributed by atoms with van der Waals surface area (Å²) in [6, 6.07) is 0. The number of hydrogen-bond donors (Lipinski definition) is 4. The summed E-state index contributed by atoms with van der Waals surface area (Å²) < 4.78 is 4.55. The molecule has 0 bridgehead atoms. The normalized spacial score (nSPS) is 11.9. The molecule has 0 atom stereocenters. The van der Waals surface area contributed by atoms with E-state index in [9.17, 15) is 9.59 Å². The maximum Gasteiger partial charge on any atom is 0.406 e. The van der Waals surface area contributed by atoms with Gasteiger partial charge in [-0.15, -0.1) is 0 Å². The summed E-state index contributed by atoms with van der Waals surface area (Å²) in [7, 11) is 1.38. The predicted molar refractivity (Wildman–Crippen MR) is 120 cm³/mol. The summed E-state index contributed by atoms with van der Waals surface area (Å²) in [5.74, 6) is 0.161. The minimum Gasteiger partial charge on any atom is -0.453 e. The van der Waals surface area contributed by atoms with E-state index in [0.717, 1.165) is 64.6 Å². The number of carbonyl (C=O) groups excluding carboxylic acids is 2. The Kier molecular flexibility index (Phi) is 14.8. The Hall–Kier alpha value is -1.34. The van der Waals surface area contributed by atoms with Gasteiger partial charge in [-0.1, -0.05) is 13.3 Å². The van der Waals surface area contributed by atoms with E-state index < -0.39 is 0 Å². The van der Waals surface area contributed by atoms with Gasteiger partial charge >= 0.3 is 6.09 Å². The summed E-state index contributed by atoms with van der Waals surface area (Å²) in [4.78, 5) is 22.5. The Morgan fingerprint density at radius 3 is 1.90 bits per heavy atom. The zero-order valence-corrected chi connectivity index (χ0v) is 19.7. The largest absolute Gasteiger partial charge is 0.453 e. The van der Waals surface area contributed by atoms with Crippen molar-refractivity contribution in [1.29, 1.82) is 0 Å². The van der Waals surface area contributed by atoms with Gasteiger partial charge in [-0.05, 0) is 79.3 Å². The maximum absolute atomic E-state index is 11.5. The van der Waals surface area contributed by atoms with Crippen LogP contribution < -0.4 is 21.3 Å². The van der Waals surface area contributed by atoms with Crippen LogP contribution in [0, 0.1) is 0 Å². The van der Waals surface area contributed by atoms with E-state index in [1.54, 1.807) is 0 Å². The average Bonchev–Trinajstić information content (AvgIpc) is 2.64. The first-order valence-electron chi connectivity index (χ1n) is 11.2. The molecule has 7 heteroatoms. The molecule has 0 aromatic carbocycles. The molecule has 0 aliphatic carbocycles. The van der Waals surface area contributed by atoms with Crippen LogP contribution in [0.25, 0.3) is 0 Å². The standard InChI is InChI=1S/C22H46N4O3/c1-7-12-19(27)23-15-10-14-22(4,5)25-17-9-8-13-21(2,3)26-18-11-16-24-20(28)29-6/h25-26H,7-18H2,1-6H3,(H,23,27)(H,24,28). The Balaban J connectivity index is 3.75. The van der Waals surface area contributed by atoms with Gasteiger partial charge in [-0.25, -0.2) is 4.79 Å². The second-order valence-corrected chi connectivity index (χ2v) is 9.05. The second kappa shape index (κ2) is 15.5. The van der Waals surface area contributed by atoms with Crippen molar-refractivity contribution in [2.75, 3.05) is 33.3 Å². The number of ether oxygens (including phenoxy) is 1. The van der Waals surface area contributed by atoms with Gasteiger partial charge in [0, 0.05) is 30.6 Å². The molecule has 29 heavy (non-hydrogen) atoms. The molecular formula is C22H46N4O3. The number of amides is 2. The third kappa shape index (κ3) is 17.2. The summed E-state index contributed by atoms with van der Waals surface area (Å²) in [5, 5.41) is 12.9. The van der Waals surface area contributed by atoms with Crippen molar-refractivity contribution >= 4 is 12.0 Å². The van der Waals surface area contributed by atoms with Gasteiger partial charge in [0.1, 0.15) is 0 Å². The predicted octanol–water partition coefficient (Wildman–Crippen LogP) is 3.34. The maximum atomic E-state index is 11.5. The Morgan fingerprint density at radius 2 is 1.31 bits per heavy atom. The molecule has 0 rings (SSSR count). The number of alkyl carbamates (subject to hydrolysis) is 1. The van der Waals surface area contributed by atoms with Crippen molar-refractivity contribution in [3.8, 4) is 0 Å². The minimum atomic E-state index is -0.374. The molecule has 172 valence electrons. The van der Waals surface area contributed by atoms with E-state index >= 15 is 0 Å². The summed E-state index contributed by atoms with van der Waals surface area (Å²) in [6.45, 7) is 14.2. The van der Waals surface area contributed by atoms with Crippen LogP contribution in [-0.4, -0.2) is 56.4 Å². The first-order valence-corrected chi connectivity index (χ1v) is 11.2. The molecule has 0 aromatic heterocycles. The molecule has 0 radical (unpaired) electrons. The molecule has 0 aliphatic rings. The lowest BCUT2D eigenvalue weighted by molar-refractivity contribution is -0.121. The van der Waals surface area contributed by atoms with Gasteiger partial charge in [-0.3, -0.25) is 4.79 Å². The number of carbonyl (C=O) groups is 2. The molecule has 0 fully saturated rings. The lowest BCUT2D eigenvalue weighted by atomic mass is 9.96. The quantitative estimate of drug-likeness (QED) is 0.274. The van der Waals surface area contributed by atoms with Crippen molar-refractivity contribution in [2.24, 2.45) is 0 Å². The van der Waals surface area contributed by atoms with Crippen LogP contribution in [-0.2, 0) is 9.53 Å². The zero-order valence-electron chi connectivity index (χ0n) is 19.7. The molecular weight excluding hydrogens is 368 g/mol. The highest BCUT2D eigenvalue weighted by molar-refractivity contribution is 5.75. The van der Waals surface area contributed by atoms with Crippen molar-refractivity contribution in [3.05, 3.63) is 0 Å². The van der Waals surface area contributed by atoms with Gasteiger partial charge < -0.3 is 26.0 Å². The molecule has 0 unspecified atom stereocenters. The molecule has 0 saturated carbocycles. The topological polar surface area (TPSA) is 91.5 Å². The molecule has 0 aromatic rings. The van der Waals surface area contributed by atoms with Gasteiger partial charge in [0.05, 0.1) is 7.11 Å². The third-order valence-electron chi connectivity index (χ3n) is 5.02. The molecule has 4 N–H and O–H groups in total. The monoisotopic (exact) mass is 414 g/mol. The molecule has 7 nitrogen and oxygen atoms in total. The number of rotatable bonds is 17. The number of unbranched alkanes of at least 4 members (excludes halogenated alkanes) is 1. The van der Waals surface area contributed by atoms with Crippen molar-refractivity contribution < 1.29 is 14.3 Å². The van der Waals surface area contributed by atoms with E-state index in [0.29, 0.717) is 13.0 Å². The van der Waals surface area contributed by atoms with Crippen LogP contribution in [0.1, 0.15) is 86.0 Å². The molecule has 0 saturated heterocycles. The Labute approximate surface area is 178 Å². The van der Waals surface area contributed by atoms with Gasteiger partial charge in [0.15, 0.2) is 0 Å². The van der Waals surface area contributed by atoms with E-state index in [4.69, 9.17) is 0 Å². The Bertz CT molecular complexity index is 453. The number of nitrogens with one attached hydrogen (secondary N) is 4. The highest BCUT2D eigenvalue weighted by Crippen LogP contribution is 2.14. The molecule has 0 spiro atoms. The SMILES string of the molecule is CCCC(=O)NCCCC(C)(C)NCCCCC(C)(C)NCCCNC(=O)OC. The van der Waals surface area contributed by atoms with Crippen LogP contribution in [0.2, 0.25) is 0 Å². The van der Waals surface area contributed by atoms with E-state index in [-0.39, 0.29) is 23.1 Å². The number of hydrogen-bond acceptors (Lipinski definition) is 5. The van der Waals surface area contributed by atoms with Gasteiger partial charge in [-0.2, -0.15) is 0 Å². The van der Waals surface area contributed by atoms with Crippen LogP contribution >= 0.6 is 0 Å². The van der Waals surface area contributed by atoms with Gasteiger partial charge in [0.2, 0.25) is 5.91 Å². The molecule has 0 aliphatic heterocycles. The minimum absolute atomic E-state index is 0.0931. The van der Waals surface area contributed by atoms with Crippen molar-refractivity contribution in [3.63, 3.8) is 0 Å². The molecule has 0 heterocycles. The van der Waals surface area contributed by atoms with Crippen molar-refractivity contribution in [2.45, 2.75) is 97.1 Å². The third-order valence-corrected chi connectivity index (χ3v) is 5.02. The first-order chi connectivity index (χ1) is 13.6. The smallest absolute Gasteiger partial charge is 0.406 e. The summed E-state index contributed by atoms with van der Waals surface area (Å²) >= 11 is 0. The number of methoxy groups -OCH3 is 1. The van der Waals surface area contributed by atoms with Crippen LogP contribution in [0.4, 0.5) is 4.79 Å². The van der Waals surface area contributed by atoms with E-state index in [2.05, 4.69) is 53.7 Å². The highest BCUT2D eigenvalue weighted by atomic mass is 16.5. The highest BCUT2D eigenvalue weighted by Gasteiger charge is 2.18. The van der Waals surface area contributed by atoms with Crippen molar-refractivity contribution in [1.82, 2.24) is 21.3 Å². The van der Waals surface area contributed by atoms with Crippen LogP contribution in [0.3, 0.4) is 0 Å². The van der Waals surface area contributed by atoms with E-state index in [1.165, 1.54) is 7.11 Å². The average molecular weight is 415 g/mol. The van der Waals surface area contributed by atoms with Crippen LogP contribution in [0.15, 0.2) is 0 Å². The lowest BCUT2D eigenvalue weighted by Crippen LogP contribution is -2.42. The van der Waals surface area contributed by atoms with Crippen LogP contribution in [0.5, 0.6) is 0 Å². The summed E-state index contributed by atoms with van der Waals surface area (Å²) in [6.07, 6.45) is 7.50. The second-order valence-electron chi connectivity index (χ2n) is 9.05. The zero-order chi connectivity index (χ0) is 22.2. The fourth-order valence-electron chi connectivity index (χ4n) is 3.15.